The van der Waals surface area contributed by atoms with Gasteiger partial charge in [-0.2, -0.15) is 4.31 Å². The maximum Gasteiger partial charge on any atom is 0.243 e. The zero-order chi connectivity index (χ0) is 20.0. The molecule has 0 heterocycles. The van der Waals surface area contributed by atoms with Crippen molar-refractivity contribution in [3.8, 4) is 0 Å². The third-order valence-corrected chi connectivity index (χ3v) is 6.22. The summed E-state index contributed by atoms with van der Waals surface area (Å²) in [6.07, 6.45) is 1.32. The van der Waals surface area contributed by atoms with Crippen LogP contribution in [0, 0.1) is 0 Å². The largest absolute Gasteiger partial charge is 0.348 e. The number of nitrogens with one attached hydrogen (secondary N) is 2. The fourth-order valence-corrected chi connectivity index (χ4v) is 3.61. The van der Waals surface area contributed by atoms with E-state index in [1.807, 2.05) is 13.8 Å². The third kappa shape index (κ3) is 6.76. The fourth-order valence-electron chi connectivity index (χ4n) is 2.48. The number of hydrogen-bond donors (Lipinski definition) is 3. The summed E-state index contributed by atoms with van der Waals surface area (Å²) < 4.78 is 26.2. The number of nitrogens with zero attached hydrogens (tertiary/aromatic N) is 1. The molecule has 0 bridgehead atoms. The lowest BCUT2D eigenvalue weighted by Gasteiger charge is -2.32. The third-order valence-electron chi connectivity index (χ3n) is 4.40. The molecule has 154 valence electrons. The Kier molecular flexibility index (Phi) is 9.94. The van der Waals surface area contributed by atoms with Crippen LogP contribution in [-0.2, 0) is 19.6 Å². The summed E-state index contributed by atoms with van der Waals surface area (Å²) in [7, 11) is -2.48. The number of carbonyl (C=O) groups excluding carboxylic acids is 2. The summed E-state index contributed by atoms with van der Waals surface area (Å²) in [4.78, 5) is 23.3. The maximum atomic E-state index is 12.6. The SMILES string of the molecule is CCC(CC)(CN)NC(=O)CN(C)S(=O)(=O)c1ccc(NC(C)=O)cc1.Cl. The van der Waals surface area contributed by atoms with E-state index in [4.69, 9.17) is 5.73 Å². The predicted octanol–water partition coefficient (Wildman–Crippen LogP) is 1.32. The Hall–Kier alpha value is -1.68. The molecule has 1 aromatic carbocycles. The predicted molar refractivity (Wildman–Crippen MR) is 108 cm³/mol. The molecule has 8 nitrogen and oxygen atoms in total. The summed E-state index contributed by atoms with van der Waals surface area (Å²) in [6, 6.07) is 5.76. The Labute approximate surface area is 167 Å². The summed E-state index contributed by atoms with van der Waals surface area (Å²) in [5, 5.41) is 5.41. The van der Waals surface area contributed by atoms with Gasteiger partial charge < -0.3 is 16.4 Å². The van der Waals surface area contributed by atoms with E-state index in [1.165, 1.54) is 38.2 Å². The average molecular weight is 421 g/mol. The molecule has 4 N–H and O–H groups in total. The first-order valence-electron chi connectivity index (χ1n) is 8.45. The zero-order valence-corrected chi connectivity index (χ0v) is 17.7. The number of anilines is 1. The van der Waals surface area contributed by atoms with Crippen LogP contribution in [0.1, 0.15) is 33.6 Å². The first kappa shape index (κ1) is 25.3. The molecular formula is C17H29ClN4O4S. The van der Waals surface area contributed by atoms with Gasteiger partial charge in [-0.15, -0.1) is 12.4 Å². The molecule has 0 saturated carbocycles. The number of sulfonamides is 1. The van der Waals surface area contributed by atoms with Crippen molar-refractivity contribution in [3.05, 3.63) is 24.3 Å². The van der Waals surface area contributed by atoms with Crippen LogP contribution in [0.3, 0.4) is 0 Å². The van der Waals surface area contributed by atoms with Gasteiger partial charge in [0.15, 0.2) is 0 Å². The van der Waals surface area contributed by atoms with Gasteiger partial charge in [0.1, 0.15) is 0 Å². The first-order valence-corrected chi connectivity index (χ1v) is 9.89. The molecule has 0 spiro atoms. The highest BCUT2D eigenvalue weighted by molar-refractivity contribution is 7.89. The number of likely N-dealkylation sites (N-methyl/N-ethyl adjacent to an activating group) is 1. The van der Waals surface area contributed by atoms with E-state index in [-0.39, 0.29) is 36.3 Å². The van der Waals surface area contributed by atoms with Crippen molar-refractivity contribution >= 4 is 39.9 Å². The van der Waals surface area contributed by atoms with Crippen LogP contribution in [0.5, 0.6) is 0 Å². The fraction of sp³-hybridized carbons (Fsp3) is 0.529. The highest BCUT2D eigenvalue weighted by Gasteiger charge is 2.29. The summed E-state index contributed by atoms with van der Waals surface area (Å²) in [5.74, 6) is -0.648. The number of nitrogens with two attached hydrogens (primary N) is 1. The van der Waals surface area contributed by atoms with Crippen LogP contribution in [0.4, 0.5) is 5.69 Å². The van der Waals surface area contributed by atoms with Crippen LogP contribution >= 0.6 is 12.4 Å². The zero-order valence-electron chi connectivity index (χ0n) is 16.1. The van der Waals surface area contributed by atoms with E-state index in [0.29, 0.717) is 18.5 Å². The van der Waals surface area contributed by atoms with Gasteiger partial charge >= 0.3 is 0 Å². The normalized spacial score (nSPS) is 11.6. The van der Waals surface area contributed by atoms with E-state index in [0.717, 1.165) is 4.31 Å². The molecule has 0 radical (unpaired) electrons. The molecule has 0 saturated heterocycles. The number of rotatable bonds is 9. The molecule has 2 amide bonds. The van der Waals surface area contributed by atoms with Crippen molar-refractivity contribution in [2.75, 3.05) is 25.5 Å². The number of hydrogen-bond acceptors (Lipinski definition) is 5. The Balaban J connectivity index is 0.00000676. The molecule has 0 atom stereocenters. The minimum Gasteiger partial charge on any atom is -0.348 e. The van der Waals surface area contributed by atoms with Gasteiger partial charge in [0.25, 0.3) is 0 Å². The van der Waals surface area contributed by atoms with Crippen molar-refractivity contribution in [3.63, 3.8) is 0 Å². The molecule has 1 aromatic rings. The lowest BCUT2D eigenvalue weighted by atomic mass is 9.93. The van der Waals surface area contributed by atoms with E-state index in [2.05, 4.69) is 10.6 Å². The van der Waals surface area contributed by atoms with Crippen LogP contribution in [0.25, 0.3) is 0 Å². The standard InChI is InChI=1S/C17H28N4O4S.ClH/c1-5-17(6-2,12-18)20-16(23)11-21(4)26(24,25)15-9-7-14(8-10-15)19-13(3)22;/h7-10H,5-6,11-12,18H2,1-4H3,(H,19,22)(H,20,23);1H. The number of carbonyl (C=O) groups is 2. The van der Waals surface area contributed by atoms with Gasteiger partial charge in [-0.05, 0) is 37.1 Å². The van der Waals surface area contributed by atoms with Gasteiger partial charge in [-0.3, -0.25) is 9.59 Å². The van der Waals surface area contributed by atoms with Crippen molar-refractivity contribution < 1.29 is 18.0 Å². The molecule has 0 fully saturated rings. The average Bonchev–Trinajstić information content (AvgIpc) is 2.59. The lowest BCUT2D eigenvalue weighted by molar-refractivity contribution is -0.123. The topological polar surface area (TPSA) is 122 Å². The molecule has 10 heteroatoms. The minimum atomic E-state index is -3.83. The molecule has 0 unspecified atom stereocenters. The van der Waals surface area contributed by atoms with E-state index in [9.17, 15) is 18.0 Å². The van der Waals surface area contributed by atoms with E-state index < -0.39 is 21.5 Å². The maximum absolute atomic E-state index is 12.6. The van der Waals surface area contributed by atoms with Crippen LogP contribution in [0.2, 0.25) is 0 Å². The highest BCUT2D eigenvalue weighted by atomic mass is 35.5. The van der Waals surface area contributed by atoms with Gasteiger partial charge in [-0.1, -0.05) is 13.8 Å². The van der Waals surface area contributed by atoms with Crippen molar-refractivity contribution in [2.45, 2.75) is 44.0 Å². The Bertz CT molecular complexity index is 726. The second-order valence-corrected chi connectivity index (χ2v) is 8.25. The summed E-state index contributed by atoms with van der Waals surface area (Å²) >= 11 is 0. The number of halogens is 1. The Morgan fingerprint density at radius 3 is 2.07 bits per heavy atom. The quantitative estimate of drug-likeness (QED) is 0.556. The molecule has 0 aliphatic rings. The Morgan fingerprint density at radius 2 is 1.67 bits per heavy atom. The molecular weight excluding hydrogens is 392 g/mol. The smallest absolute Gasteiger partial charge is 0.243 e. The van der Waals surface area contributed by atoms with E-state index >= 15 is 0 Å². The summed E-state index contributed by atoms with van der Waals surface area (Å²) in [5.41, 5.74) is 5.73. The first-order chi connectivity index (χ1) is 12.1. The number of amides is 2. The van der Waals surface area contributed by atoms with Crippen molar-refractivity contribution in [1.82, 2.24) is 9.62 Å². The molecule has 0 aliphatic carbocycles. The van der Waals surface area contributed by atoms with Crippen LogP contribution in [0.15, 0.2) is 29.2 Å². The monoisotopic (exact) mass is 420 g/mol. The van der Waals surface area contributed by atoms with Crippen molar-refractivity contribution in [1.29, 1.82) is 0 Å². The molecule has 1 rings (SSSR count). The molecule has 27 heavy (non-hydrogen) atoms. The summed E-state index contributed by atoms with van der Waals surface area (Å²) in [6.45, 7) is 5.19. The van der Waals surface area contributed by atoms with Crippen molar-refractivity contribution in [2.24, 2.45) is 5.73 Å². The second kappa shape index (κ2) is 10.6. The lowest BCUT2D eigenvalue weighted by Crippen LogP contribution is -2.55. The van der Waals surface area contributed by atoms with Gasteiger partial charge in [0.2, 0.25) is 21.8 Å². The number of benzene rings is 1. The second-order valence-electron chi connectivity index (χ2n) is 6.21. The van der Waals surface area contributed by atoms with Gasteiger partial charge in [0, 0.05) is 26.2 Å². The van der Waals surface area contributed by atoms with Gasteiger partial charge in [-0.25, -0.2) is 8.42 Å². The van der Waals surface area contributed by atoms with E-state index in [1.54, 1.807) is 0 Å². The minimum absolute atomic E-state index is 0. The molecule has 0 aromatic heterocycles. The van der Waals surface area contributed by atoms with Crippen LogP contribution in [-0.4, -0.2) is 50.2 Å². The Morgan fingerprint density at radius 1 is 1.15 bits per heavy atom. The molecule has 0 aliphatic heterocycles. The van der Waals surface area contributed by atoms with Crippen LogP contribution < -0.4 is 16.4 Å². The highest BCUT2D eigenvalue weighted by Crippen LogP contribution is 2.18. The van der Waals surface area contributed by atoms with Gasteiger partial charge in [0.05, 0.1) is 17.0 Å².